The molecule has 0 spiro atoms. The summed E-state index contributed by atoms with van der Waals surface area (Å²) in [6.07, 6.45) is 0. The van der Waals surface area contributed by atoms with E-state index in [1.165, 1.54) is 0 Å². The number of aliphatic hydroxyl groups is 1. The molecule has 0 radical (unpaired) electrons. The van der Waals surface area contributed by atoms with E-state index < -0.39 is 12.4 Å². The highest BCUT2D eigenvalue weighted by Gasteiger charge is 2.33. The maximum Gasteiger partial charge on any atom is 0.248 e. The van der Waals surface area contributed by atoms with Crippen LogP contribution in [-0.4, -0.2) is 96.6 Å². The summed E-state index contributed by atoms with van der Waals surface area (Å²) >= 11 is 0. The Labute approximate surface area is 246 Å². The molecule has 2 heterocycles. The third kappa shape index (κ3) is 6.84. The second kappa shape index (κ2) is 13.1. The first kappa shape index (κ1) is 31.2. The van der Waals surface area contributed by atoms with E-state index in [0.29, 0.717) is 49.7 Å². The molecule has 0 unspecified atom stereocenters. The second-order valence-corrected chi connectivity index (χ2v) is 11.5. The van der Waals surface area contributed by atoms with E-state index in [1.807, 2.05) is 12.1 Å². The lowest BCUT2D eigenvalue weighted by Gasteiger charge is -2.34. The van der Waals surface area contributed by atoms with E-state index in [2.05, 4.69) is 25.7 Å². The fourth-order valence-corrected chi connectivity index (χ4v) is 5.09. The van der Waals surface area contributed by atoms with Crippen molar-refractivity contribution in [2.24, 2.45) is 0 Å². The first-order chi connectivity index (χ1) is 20.0. The van der Waals surface area contributed by atoms with Crippen molar-refractivity contribution in [2.45, 2.75) is 46.6 Å². The number of amidine groups is 1. The molecule has 1 saturated heterocycles. The molecule has 2 aromatic carbocycles. The Hall–Kier alpha value is -3.70. The number of benzene rings is 2. The number of carbonyl (C=O) groups is 2. The van der Waals surface area contributed by atoms with Crippen LogP contribution in [-0.2, 0) is 16.8 Å². The average Bonchev–Trinajstić information content (AvgIpc) is 3.27. The fourth-order valence-electron chi connectivity index (χ4n) is 5.09. The Bertz CT molecular complexity index is 1330. The SMILES string of the molecule is CCOc1cc2c(c(F)c1OCC)C(=N)N(CC(=O)c1cc(OCN3CCN(C(=O)CO)CC3)cc(C(C)(C)C)c1)C2. The van der Waals surface area contributed by atoms with Gasteiger partial charge < -0.3 is 29.1 Å². The van der Waals surface area contributed by atoms with E-state index >= 15 is 4.39 Å². The number of hydrogen-bond acceptors (Lipinski definition) is 8. The van der Waals surface area contributed by atoms with Gasteiger partial charge in [-0.25, -0.2) is 4.39 Å². The van der Waals surface area contributed by atoms with Gasteiger partial charge in [0, 0.05) is 38.3 Å². The number of Topliss-reactive ketones (excluding diaryl/α,β-unsaturated/α-hetero) is 1. The summed E-state index contributed by atoms with van der Waals surface area (Å²) in [5, 5.41) is 17.8. The predicted molar refractivity (Wildman–Crippen MR) is 156 cm³/mol. The Morgan fingerprint density at radius 2 is 1.69 bits per heavy atom. The minimum absolute atomic E-state index is 0.0166. The van der Waals surface area contributed by atoms with Gasteiger partial charge in [-0.2, -0.15) is 0 Å². The molecule has 0 saturated carbocycles. The molecule has 2 aliphatic rings. The van der Waals surface area contributed by atoms with Gasteiger partial charge in [0.05, 0.1) is 25.3 Å². The molecule has 228 valence electrons. The maximum absolute atomic E-state index is 15.5. The molecule has 1 amide bonds. The van der Waals surface area contributed by atoms with Crippen LogP contribution in [0, 0.1) is 11.2 Å². The number of carbonyl (C=O) groups excluding carboxylic acids is 2. The monoisotopic (exact) mass is 584 g/mol. The first-order valence-electron chi connectivity index (χ1n) is 14.3. The van der Waals surface area contributed by atoms with E-state index in [1.54, 1.807) is 35.8 Å². The summed E-state index contributed by atoms with van der Waals surface area (Å²) in [5.74, 6) is -0.386. The highest BCUT2D eigenvalue weighted by atomic mass is 19.1. The molecule has 0 aliphatic carbocycles. The smallest absolute Gasteiger partial charge is 0.248 e. The molecule has 2 aliphatic heterocycles. The molecule has 1 fully saturated rings. The molecule has 0 atom stereocenters. The first-order valence-corrected chi connectivity index (χ1v) is 14.3. The summed E-state index contributed by atoms with van der Waals surface area (Å²) in [5.41, 5.74) is 1.82. The number of fused-ring (bicyclic) bond motifs is 1. The summed E-state index contributed by atoms with van der Waals surface area (Å²) in [4.78, 5) is 30.6. The van der Waals surface area contributed by atoms with Crippen LogP contribution < -0.4 is 14.2 Å². The standard InChI is InChI=1S/C31H41FN4O6/c1-6-40-25-14-21-16-36(30(33)27(21)28(32)29(25)41-7-2)17-24(38)20-12-22(31(3,4)5)15-23(13-20)42-19-34-8-10-35(11-9-34)26(39)18-37/h12-15,33,37H,6-11,16-19H2,1-5H3. The van der Waals surface area contributed by atoms with Gasteiger partial charge in [-0.3, -0.25) is 19.9 Å². The van der Waals surface area contributed by atoms with Gasteiger partial charge in [0.15, 0.2) is 23.1 Å². The van der Waals surface area contributed by atoms with Gasteiger partial charge in [-0.15, -0.1) is 0 Å². The topological polar surface area (TPSA) is 116 Å². The zero-order valence-corrected chi connectivity index (χ0v) is 25.1. The minimum Gasteiger partial charge on any atom is -0.490 e. The molecule has 2 aromatic rings. The Balaban J connectivity index is 1.49. The van der Waals surface area contributed by atoms with Crippen LogP contribution in [0.5, 0.6) is 17.2 Å². The Morgan fingerprint density at radius 1 is 1.00 bits per heavy atom. The highest BCUT2D eigenvalue weighted by Crippen LogP contribution is 2.39. The fraction of sp³-hybridized carbons (Fsp3) is 0.516. The molecule has 10 nitrogen and oxygen atoms in total. The number of hydrogen-bond donors (Lipinski definition) is 2. The lowest BCUT2D eigenvalue weighted by atomic mass is 9.85. The van der Waals surface area contributed by atoms with Crippen molar-refractivity contribution < 1.29 is 33.3 Å². The normalized spacial score (nSPS) is 15.5. The minimum atomic E-state index is -0.648. The van der Waals surface area contributed by atoms with Crippen molar-refractivity contribution in [3.05, 3.63) is 52.3 Å². The molecule has 2 N–H and O–H groups in total. The van der Waals surface area contributed by atoms with Gasteiger partial charge in [-0.05, 0) is 54.7 Å². The highest BCUT2D eigenvalue weighted by molar-refractivity contribution is 6.06. The molecule has 4 rings (SSSR count). The number of nitrogens with one attached hydrogen (secondary N) is 1. The van der Waals surface area contributed by atoms with Gasteiger partial charge in [0.25, 0.3) is 0 Å². The van der Waals surface area contributed by atoms with Crippen LogP contribution in [0.25, 0.3) is 0 Å². The third-order valence-corrected chi connectivity index (χ3v) is 7.47. The van der Waals surface area contributed by atoms with Crippen molar-refractivity contribution in [3.63, 3.8) is 0 Å². The van der Waals surface area contributed by atoms with Crippen LogP contribution >= 0.6 is 0 Å². The second-order valence-electron chi connectivity index (χ2n) is 11.5. The van der Waals surface area contributed by atoms with E-state index in [-0.39, 0.29) is 66.4 Å². The Morgan fingerprint density at radius 3 is 2.31 bits per heavy atom. The van der Waals surface area contributed by atoms with Gasteiger partial charge >= 0.3 is 0 Å². The Kier molecular flexibility index (Phi) is 9.73. The van der Waals surface area contributed by atoms with Crippen molar-refractivity contribution in [3.8, 4) is 17.2 Å². The zero-order chi connectivity index (χ0) is 30.6. The summed E-state index contributed by atoms with van der Waals surface area (Å²) in [7, 11) is 0. The number of rotatable bonds is 11. The lowest BCUT2D eigenvalue weighted by molar-refractivity contribution is -0.136. The van der Waals surface area contributed by atoms with Crippen molar-refractivity contribution >= 4 is 17.5 Å². The number of halogens is 1. The average molecular weight is 585 g/mol. The molecule has 0 bridgehead atoms. The van der Waals surface area contributed by atoms with Crippen LogP contribution in [0.2, 0.25) is 0 Å². The summed E-state index contributed by atoms with van der Waals surface area (Å²) in [6.45, 7) is 12.5. The van der Waals surface area contributed by atoms with E-state index in [9.17, 15) is 9.59 Å². The zero-order valence-electron chi connectivity index (χ0n) is 25.1. The summed E-state index contributed by atoms with van der Waals surface area (Å²) in [6, 6.07) is 7.17. The number of ketones is 1. The number of piperazine rings is 1. The lowest BCUT2D eigenvalue weighted by Crippen LogP contribution is -2.50. The summed E-state index contributed by atoms with van der Waals surface area (Å²) < 4.78 is 32.7. The molecule has 0 aromatic heterocycles. The van der Waals surface area contributed by atoms with Crippen molar-refractivity contribution in [1.82, 2.24) is 14.7 Å². The number of aliphatic hydroxyl groups excluding tert-OH is 1. The van der Waals surface area contributed by atoms with Crippen molar-refractivity contribution in [2.75, 3.05) is 59.3 Å². The number of nitrogens with zero attached hydrogens (tertiary/aromatic N) is 3. The predicted octanol–water partition coefficient (Wildman–Crippen LogP) is 3.42. The quantitative estimate of drug-likeness (QED) is 0.386. The third-order valence-electron chi connectivity index (χ3n) is 7.47. The number of amides is 1. The van der Waals surface area contributed by atoms with Crippen LogP contribution in [0.15, 0.2) is 24.3 Å². The molecular weight excluding hydrogens is 543 g/mol. The largest absolute Gasteiger partial charge is 0.490 e. The van der Waals surface area contributed by atoms with Crippen LogP contribution in [0.1, 0.15) is 61.7 Å². The van der Waals surface area contributed by atoms with Gasteiger partial charge in [-0.1, -0.05) is 20.8 Å². The van der Waals surface area contributed by atoms with Gasteiger partial charge in [0.1, 0.15) is 24.9 Å². The van der Waals surface area contributed by atoms with E-state index in [4.69, 9.17) is 24.7 Å². The molecular formula is C31H41FN4O6. The number of ether oxygens (including phenoxy) is 3. The maximum atomic E-state index is 15.5. The van der Waals surface area contributed by atoms with Crippen molar-refractivity contribution in [1.29, 1.82) is 5.41 Å². The molecule has 42 heavy (non-hydrogen) atoms. The molecule has 11 heteroatoms. The van der Waals surface area contributed by atoms with Crippen LogP contribution in [0.4, 0.5) is 4.39 Å². The van der Waals surface area contributed by atoms with Gasteiger partial charge in [0.2, 0.25) is 5.91 Å². The van der Waals surface area contributed by atoms with E-state index in [0.717, 1.165) is 5.56 Å². The van der Waals surface area contributed by atoms with Crippen LogP contribution in [0.3, 0.4) is 0 Å².